The number of hydrogen-bond donors (Lipinski definition) is 1. The highest BCUT2D eigenvalue weighted by Crippen LogP contribution is 2.25. The topological polar surface area (TPSA) is 92.1 Å². The normalized spacial score (nSPS) is 13.8. The Labute approximate surface area is 136 Å². The summed E-state index contributed by atoms with van der Waals surface area (Å²) >= 11 is 0. The molecule has 24 heavy (non-hydrogen) atoms. The van der Waals surface area contributed by atoms with Gasteiger partial charge in [-0.05, 0) is 29.7 Å². The second-order valence-electron chi connectivity index (χ2n) is 5.79. The zero-order valence-corrected chi connectivity index (χ0v) is 12.7. The summed E-state index contributed by atoms with van der Waals surface area (Å²) in [7, 11) is 0. The van der Waals surface area contributed by atoms with Gasteiger partial charge in [0.25, 0.3) is 11.2 Å². The molecule has 1 aliphatic rings. The zero-order valence-electron chi connectivity index (χ0n) is 12.7. The van der Waals surface area contributed by atoms with Crippen molar-refractivity contribution in [3.8, 4) is 0 Å². The highest BCUT2D eigenvalue weighted by atomic mass is 16.6. The van der Waals surface area contributed by atoms with E-state index in [4.69, 9.17) is 0 Å². The quantitative estimate of drug-likeness (QED) is 0.578. The third-order valence-corrected chi connectivity index (χ3v) is 4.31. The van der Waals surface area contributed by atoms with Gasteiger partial charge in [0, 0.05) is 25.2 Å². The number of hydrogen-bond acceptors (Lipinski definition) is 5. The van der Waals surface area contributed by atoms with E-state index in [0.717, 1.165) is 17.5 Å². The number of rotatable bonds is 2. The van der Waals surface area contributed by atoms with Crippen LogP contribution in [-0.2, 0) is 13.0 Å². The number of nitrogens with one attached hydrogen (secondary N) is 1. The van der Waals surface area contributed by atoms with Crippen molar-refractivity contribution in [1.29, 1.82) is 0 Å². The van der Waals surface area contributed by atoms with E-state index in [1.807, 2.05) is 11.0 Å². The van der Waals surface area contributed by atoms with Crippen LogP contribution in [0.3, 0.4) is 0 Å². The van der Waals surface area contributed by atoms with E-state index >= 15 is 0 Å². The van der Waals surface area contributed by atoms with Gasteiger partial charge in [-0.2, -0.15) is 0 Å². The molecule has 7 nitrogen and oxygen atoms in total. The first-order valence-corrected chi connectivity index (χ1v) is 7.62. The third-order valence-electron chi connectivity index (χ3n) is 4.31. The average molecular weight is 322 g/mol. The van der Waals surface area contributed by atoms with E-state index in [0.29, 0.717) is 29.9 Å². The number of H-pyrrole nitrogens is 1. The van der Waals surface area contributed by atoms with Crippen molar-refractivity contribution in [1.82, 2.24) is 9.97 Å². The summed E-state index contributed by atoms with van der Waals surface area (Å²) in [6, 6.07) is 12.1. The van der Waals surface area contributed by atoms with Gasteiger partial charge < -0.3 is 4.90 Å². The summed E-state index contributed by atoms with van der Waals surface area (Å²) in [6.07, 6.45) is 0.754. The number of aromatic amines is 1. The van der Waals surface area contributed by atoms with Gasteiger partial charge in [0.2, 0.25) is 5.95 Å². The molecule has 1 N–H and O–H groups in total. The number of nitro benzene ring substituents is 1. The molecule has 0 amide bonds. The number of non-ortho nitro benzene ring substituents is 1. The van der Waals surface area contributed by atoms with E-state index in [-0.39, 0.29) is 11.2 Å². The van der Waals surface area contributed by atoms with Gasteiger partial charge in [0.1, 0.15) is 0 Å². The highest BCUT2D eigenvalue weighted by molar-refractivity contribution is 5.78. The number of benzene rings is 2. The maximum atomic E-state index is 12.2. The Morgan fingerprint density at radius 2 is 2.00 bits per heavy atom. The molecule has 1 aliphatic heterocycles. The van der Waals surface area contributed by atoms with Crippen LogP contribution in [0.2, 0.25) is 0 Å². The van der Waals surface area contributed by atoms with Crippen molar-refractivity contribution in [3.63, 3.8) is 0 Å². The van der Waals surface area contributed by atoms with Crippen LogP contribution >= 0.6 is 0 Å². The fourth-order valence-corrected chi connectivity index (χ4v) is 3.06. The number of fused-ring (bicyclic) bond motifs is 2. The van der Waals surface area contributed by atoms with Gasteiger partial charge in [-0.3, -0.25) is 19.9 Å². The number of aromatic nitrogens is 2. The molecule has 0 atom stereocenters. The first-order valence-electron chi connectivity index (χ1n) is 7.62. The molecule has 0 fully saturated rings. The van der Waals surface area contributed by atoms with Crippen LogP contribution in [0.15, 0.2) is 47.3 Å². The Bertz CT molecular complexity index is 1010. The molecule has 0 saturated heterocycles. The maximum Gasteiger partial charge on any atom is 0.269 e. The molecule has 7 heteroatoms. The molecular weight excluding hydrogens is 308 g/mol. The lowest BCUT2D eigenvalue weighted by atomic mass is 9.99. The Kier molecular flexibility index (Phi) is 3.26. The van der Waals surface area contributed by atoms with Crippen molar-refractivity contribution in [2.24, 2.45) is 0 Å². The second-order valence-corrected chi connectivity index (χ2v) is 5.79. The zero-order chi connectivity index (χ0) is 16.7. The molecule has 3 aromatic rings. The minimum atomic E-state index is -0.393. The molecular formula is C17H14N4O3. The van der Waals surface area contributed by atoms with Gasteiger partial charge in [-0.1, -0.05) is 18.2 Å². The number of anilines is 1. The average Bonchev–Trinajstić information content (AvgIpc) is 2.60. The third kappa shape index (κ3) is 2.40. The van der Waals surface area contributed by atoms with Crippen LogP contribution in [-0.4, -0.2) is 21.4 Å². The lowest BCUT2D eigenvalue weighted by molar-refractivity contribution is -0.384. The Hall–Kier alpha value is -3.22. The molecule has 1 aromatic heterocycles. The molecule has 0 saturated carbocycles. The molecule has 0 unspecified atom stereocenters. The fraction of sp³-hybridized carbons (Fsp3) is 0.176. The van der Waals surface area contributed by atoms with E-state index in [1.165, 1.54) is 6.07 Å². The fourth-order valence-electron chi connectivity index (χ4n) is 3.06. The summed E-state index contributed by atoms with van der Waals surface area (Å²) in [4.78, 5) is 32.1. The summed E-state index contributed by atoms with van der Waals surface area (Å²) in [5.74, 6) is 0.496. The van der Waals surface area contributed by atoms with Crippen molar-refractivity contribution in [3.05, 3.63) is 74.1 Å². The van der Waals surface area contributed by atoms with Crippen LogP contribution in [0.1, 0.15) is 11.1 Å². The van der Waals surface area contributed by atoms with Gasteiger partial charge in [-0.25, -0.2) is 4.98 Å². The molecule has 2 aromatic carbocycles. The van der Waals surface area contributed by atoms with Gasteiger partial charge >= 0.3 is 0 Å². The van der Waals surface area contributed by atoms with Gasteiger partial charge in [-0.15, -0.1) is 0 Å². The molecule has 0 spiro atoms. The number of nitro groups is 1. The second kappa shape index (κ2) is 5.45. The van der Waals surface area contributed by atoms with Crippen LogP contribution in [0.25, 0.3) is 10.9 Å². The van der Waals surface area contributed by atoms with Crippen LogP contribution in [0, 0.1) is 10.1 Å². The standard InChI is InChI=1S/C17H14N4O3/c22-16-14-3-1-2-4-15(14)18-17(19-16)20-8-7-11-5-6-13(21(23)24)9-12(11)10-20/h1-6,9H,7-8,10H2,(H,18,19,22). The molecule has 0 aliphatic carbocycles. The predicted octanol–water partition coefficient (Wildman–Crippen LogP) is 2.39. The minimum absolute atomic E-state index is 0.0792. The minimum Gasteiger partial charge on any atom is -0.338 e. The Morgan fingerprint density at radius 1 is 1.17 bits per heavy atom. The number of nitrogens with zero attached hydrogens (tertiary/aromatic N) is 3. The predicted molar refractivity (Wildman–Crippen MR) is 90.2 cm³/mol. The highest BCUT2D eigenvalue weighted by Gasteiger charge is 2.21. The summed E-state index contributed by atoms with van der Waals surface area (Å²) in [6.45, 7) is 1.18. The molecule has 4 rings (SSSR count). The Balaban J connectivity index is 1.73. The first-order chi connectivity index (χ1) is 11.6. The maximum absolute atomic E-state index is 12.2. The van der Waals surface area contributed by atoms with E-state index in [2.05, 4.69) is 9.97 Å². The molecule has 0 radical (unpaired) electrons. The van der Waals surface area contributed by atoms with Crippen LogP contribution in [0.4, 0.5) is 11.6 Å². The SMILES string of the molecule is O=c1[nH]c(N2CCc3ccc([N+](=O)[O-])cc3C2)nc2ccccc12. The van der Waals surface area contributed by atoms with Gasteiger partial charge in [0.05, 0.1) is 15.8 Å². The number of para-hydroxylation sites is 1. The van der Waals surface area contributed by atoms with Crippen LogP contribution < -0.4 is 10.5 Å². The molecule has 2 heterocycles. The lowest BCUT2D eigenvalue weighted by Crippen LogP contribution is -2.33. The van der Waals surface area contributed by atoms with E-state index in [9.17, 15) is 14.9 Å². The van der Waals surface area contributed by atoms with Crippen molar-refractivity contribution >= 4 is 22.5 Å². The van der Waals surface area contributed by atoms with Crippen LogP contribution in [0.5, 0.6) is 0 Å². The van der Waals surface area contributed by atoms with Crippen molar-refractivity contribution < 1.29 is 4.92 Å². The van der Waals surface area contributed by atoms with Crippen molar-refractivity contribution in [2.45, 2.75) is 13.0 Å². The first kappa shape index (κ1) is 14.4. The summed E-state index contributed by atoms with van der Waals surface area (Å²) < 4.78 is 0. The Morgan fingerprint density at radius 3 is 2.83 bits per heavy atom. The lowest BCUT2D eigenvalue weighted by Gasteiger charge is -2.29. The summed E-state index contributed by atoms with van der Waals surface area (Å²) in [5.41, 5.74) is 2.53. The van der Waals surface area contributed by atoms with E-state index < -0.39 is 4.92 Å². The smallest absolute Gasteiger partial charge is 0.269 e. The largest absolute Gasteiger partial charge is 0.338 e. The molecule has 0 bridgehead atoms. The van der Waals surface area contributed by atoms with E-state index in [1.54, 1.807) is 30.3 Å². The monoisotopic (exact) mass is 322 g/mol. The molecule has 120 valence electrons. The van der Waals surface area contributed by atoms with Gasteiger partial charge in [0.15, 0.2) is 0 Å². The summed E-state index contributed by atoms with van der Waals surface area (Å²) in [5, 5.41) is 11.5. The van der Waals surface area contributed by atoms with Crippen molar-refractivity contribution in [2.75, 3.05) is 11.4 Å².